The number of rotatable bonds is 7. The second-order valence-corrected chi connectivity index (χ2v) is 13.8. The Labute approximate surface area is 299 Å². The van der Waals surface area contributed by atoms with Gasteiger partial charge in [0.25, 0.3) is 5.79 Å². The number of Topliss-reactive ketones (excluding diaryl/α,β-unsaturated/α-hetero) is 1. The SMILES string of the molecule is COC(=O)[C@@]1(C)O[C@@H](C)[C@H](/C=C/C=C/C=C/C(=O)O[C@H]2CC[C@H](c3ccc4c(c3O)C(=O)c3ccc5c(c3C4=O)C(=O)[C@@H](O)[C@](C)(O)C5)O[C@@H]2C)O1. The number of benzene rings is 2. The molecule has 274 valence electrons. The molecule has 13 heteroatoms. The van der Waals surface area contributed by atoms with Crippen LogP contribution in [0.15, 0.2) is 60.7 Å². The second-order valence-electron chi connectivity index (χ2n) is 13.8. The molecule has 0 unspecified atom stereocenters. The number of allylic oxidation sites excluding steroid dienone is 4. The highest BCUT2D eigenvalue weighted by molar-refractivity contribution is 6.32. The molecular formula is C39H40O13. The number of esters is 2. The second kappa shape index (κ2) is 14.0. The Morgan fingerprint density at radius 2 is 1.56 bits per heavy atom. The van der Waals surface area contributed by atoms with Gasteiger partial charge in [0.2, 0.25) is 0 Å². The number of aliphatic hydroxyl groups excluding tert-OH is 1. The van der Waals surface area contributed by atoms with Crippen LogP contribution < -0.4 is 0 Å². The lowest BCUT2D eigenvalue weighted by Gasteiger charge is -2.36. The molecule has 6 rings (SSSR count). The molecule has 0 radical (unpaired) electrons. The molecule has 2 aromatic rings. The van der Waals surface area contributed by atoms with Gasteiger partial charge in [-0.1, -0.05) is 42.5 Å². The van der Waals surface area contributed by atoms with E-state index >= 15 is 0 Å². The number of hydrogen-bond donors (Lipinski definition) is 3. The van der Waals surface area contributed by atoms with Gasteiger partial charge in [-0.15, -0.1) is 0 Å². The van der Waals surface area contributed by atoms with Crippen molar-refractivity contribution in [2.45, 2.75) is 95.0 Å². The van der Waals surface area contributed by atoms with Crippen LogP contribution in [-0.4, -0.2) is 93.6 Å². The minimum absolute atomic E-state index is 0.0789. The number of ether oxygens (including phenoxy) is 5. The van der Waals surface area contributed by atoms with E-state index in [2.05, 4.69) is 0 Å². The summed E-state index contributed by atoms with van der Waals surface area (Å²) in [5.41, 5.74) is -1.71. The molecule has 13 nitrogen and oxygen atoms in total. The van der Waals surface area contributed by atoms with Crippen molar-refractivity contribution in [1.29, 1.82) is 0 Å². The van der Waals surface area contributed by atoms with Crippen LogP contribution >= 0.6 is 0 Å². The van der Waals surface area contributed by atoms with Crippen LogP contribution in [-0.2, 0) is 39.7 Å². The van der Waals surface area contributed by atoms with Crippen molar-refractivity contribution >= 4 is 29.3 Å². The highest BCUT2D eigenvalue weighted by atomic mass is 16.8. The molecule has 2 aromatic carbocycles. The Morgan fingerprint density at radius 3 is 2.27 bits per heavy atom. The monoisotopic (exact) mass is 716 g/mol. The molecule has 52 heavy (non-hydrogen) atoms. The van der Waals surface area contributed by atoms with Crippen molar-refractivity contribution < 1.29 is 63.0 Å². The van der Waals surface area contributed by atoms with Crippen LogP contribution in [0.3, 0.4) is 0 Å². The Morgan fingerprint density at radius 1 is 0.885 bits per heavy atom. The zero-order valence-corrected chi connectivity index (χ0v) is 29.3. The fraction of sp³-hybridized carbons (Fsp3) is 0.410. The summed E-state index contributed by atoms with van der Waals surface area (Å²) >= 11 is 0. The average Bonchev–Trinajstić information content (AvgIpc) is 3.40. The first kappa shape index (κ1) is 37.0. The Bertz CT molecular complexity index is 1940. The van der Waals surface area contributed by atoms with Crippen LogP contribution in [0.4, 0.5) is 0 Å². The summed E-state index contributed by atoms with van der Waals surface area (Å²) < 4.78 is 27.7. The summed E-state index contributed by atoms with van der Waals surface area (Å²) in [4.78, 5) is 65.0. The smallest absolute Gasteiger partial charge is 0.366 e. The van der Waals surface area contributed by atoms with Crippen LogP contribution in [0.5, 0.6) is 5.75 Å². The van der Waals surface area contributed by atoms with E-state index in [-0.39, 0.29) is 45.9 Å². The lowest BCUT2D eigenvalue weighted by Crippen LogP contribution is -2.50. The number of methoxy groups -OCH3 is 1. The van der Waals surface area contributed by atoms with Gasteiger partial charge in [-0.3, -0.25) is 14.4 Å². The number of carbonyl (C=O) groups is 5. The summed E-state index contributed by atoms with van der Waals surface area (Å²) in [7, 11) is 1.25. The van der Waals surface area contributed by atoms with E-state index in [1.807, 2.05) is 0 Å². The van der Waals surface area contributed by atoms with Gasteiger partial charge >= 0.3 is 11.9 Å². The normalized spacial score (nSPS) is 31.6. The maximum Gasteiger partial charge on any atom is 0.366 e. The van der Waals surface area contributed by atoms with Gasteiger partial charge in [-0.2, -0.15) is 0 Å². The Kier molecular flexibility index (Phi) is 9.94. The Hall–Kier alpha value is -4.79. The van der Waals surface area contributed by atoms with E-state index in [4.69, 9.17) is 23.7 Å². The van der Waals surface area contributed by atoms with E-state index in [1.165, 1.54) is 57.4 Å². The summed E-state index contributed by atoms with van der Waals surface area (Å²) in [5, 5.41) is 32.3. The molecule has 0 spiro atoms. The van der Waals surface area contributed by atoms with Crippen molar-refractivity contribution in [2.75, 3.05) is 7.11 Å². The number of ketones is 3. The molecule has 8 atom stereocenters. The number of aromatic hydroxyl groups is 1. The molecular weight excluding hydrogens is 676 g/mol. The first-order valence-corrected chi connectivity index (χ1v) is 17.0. The van der Waals surface area contributed by atoms with Crippen LogP contribution in [0, 0.1) is 0 Å². The standard InChI is InChI=1S/C39H40O13/c1-19-25(50-28(40)11-9-7-6-8-10-26-20(2)51-39(4,52-26)37(46)48-5)16-17-27(49-19)22-14-15-24-31(32(22)41)34(43)23-13-12-21-18-38(3,47)36(45)35(44)29(21)30(23)33(24)42/h6-15,19-20,25-27,36,41,45,47H,16-18H2,1-5H3/b7-6+,10-8+,11-9+/t19-,20+,25+,26+,27-,36-,38-,39+/m1/s1. The summed E-state index contributed by atoms with van der Waals surface area (Å²) in [5.74, 6) is -5.26. The minimum Gasteiger partial charge on any atom is -0.507 e. The van der Waals surface area contributed by atoms with Crippen molar-refractivity contribution in [1.82, 2.24) is 0 Å². The Balaban J connectivity index is 1.08. The predicted molar refractivity (Wildman–Crippen MR) is 182 cm³/mol. The first-order chi connectivity index (χ1) is 24.6. The molecule has 0 bridgehead atoms. The topological polar surface area (TPSA) is 192 Å². The molecule has 3 N–H and O–H groups in total. The van der Waals surface area contributed by atoms with E-state index in [0.717, 1.165) is 0 Å². The molecule has 0 aromatic heterocycles. The third kappa shape index (κ3) is 6.54. The van der Waals surface area contributed by atoms with Crippen LogP contribution in [0.1, 0.15) is 100.0 Å². The molecule has 0 saturated carbocycles. The zero-order valence-electron chi connectivity index (χ0n) is 29.3. The summed E-state index contributed by atoms with van der Waals surface area (Å²) in [6, 6.07) is 5.79. The van der Waals surface area contributed by atoms with Gasteiger partial charge < -0.3 is 39.0 Å². The van der Waals surface area contributed by atoms with Gasteiger partial charge in [0.1, 0.15) is 24.1 Å². The third-order valence-corrected chi connectivity index (χ3v) is 9.96. The van der Waals surface area contributed by atoms with E-state index in [9.17, 15) is 39.3 Å². The van der Waals surface area contributed by atoms with Crippen molar-refractivity contribution in [3.63, 3.8) is 0 Å². The van der Waals surface area contributed by atoms with Crippen molar-refractivity contribution in [3.8, 4) is 5.75 Å². The van der Waals surface area contributed by atoms with Gasteiger partial charge in [0.15, 0.2) is 17.3 Å². The quantitative estimate of drug-likeness (QED) is 0.183. The van der Waals surface area contributed by atoms with Gasteiger partial charge in [0.05, 0.1) is 36.6 Å². The fourth-order valence-corrected chi connectivity index (χ4v) is 7.21. The summed E-state index contributed by atoms with van der Waals surface area (Å²) in [6.07, 6.45) is 5.67. The lowest BCUT2D eigenvalue weighted by molar-refractivity contribution is -0.203. The van der Waals surface area contributed by atoms with E-state index in [0.29, 0.717) is 18.4 Å². The third-order valence-electron chi connectivity index (χ3n) is 9.96. The van der Waals surface area contributed by atoms with Gasteiger partial charge in [-0.25, -0.2) is 9.59 Å². The largest absolute Gasteiger partial charge is 0.507 e. The fourth-order valence-electron chi connectivity index (χ4n) is 7.21. The first-order valence-electron chi connectivity index (χ1n) is 17.0. The van der Waals surface area contributed by atoms with Gasteiger partial charge in [-0.05, 0) is 51.3 Å². The van der Waals surface area contributed by atoms with Crippen LogP contribution in [0.2, 0.25) is 0 Å². The van der Waals surface area contributed by atoms with Crippen molar-refractivity contribution in [3.05, 3.63) is 99.7 Å². The molecule has 2 heterocycles. The van der Waals surface area contributed by atoms with Gasteiger partial charge in [0, 0.05) is 47.2 Å². The highest BCUT2D eigenvalue weighted by Gasteiger charge is 2.49. The van der Waals surface area contributed by atoms with E-state index in [1.54, 1.807) is 38.2 Å². The average molecular weight is 717 g/mol. The molecule has 2 saturated heterocycles. The van der Waals surface area contributed by atoms with E-state index < -0.39 is 76.9 Å². The minimum atomic E-state index is -1.77. The molecule has 4 aliphatic rings. The maximum absolute atomic E-state index is 13.7. The molecule has 2 aliphatic heterocycles. The molecule has 2 fully saturated rings. The predicted octanol–water partition coefficient (Wildman–Crippen LogP) is 3.53. The number of hydrogen-bond acceptors (Lipinski definition) is 13. The van der Waals surface area contributed by atoms with Crippen LogP contribution in [0.25, 0.3) is 0 Å². The maximum atomic E-state index is 13.7. The molecule has 2 aliphatic carbocycles. The van der Waals surface area contributed by atoms with Crippen molar-refractivity contribution in [2.24, 2.45) is 0 Å². The zero-order chi connectivity index (χ0) is 37.7. The number of phenols is 1. The number of phenolic OH excluding ortho intramolecular Hbond substituents is 1. The number of carbonyl (C=O) groups excluding carboxylic acids is 5. The number of fused-ring (bicyclic) bond motifs is 4. The number of aliphatic hydroxyl groups is 2. The molecule has 0 amide bonds. The highest BCUT2D eigenvalue weighted by Crippen LogP contribution is 2.44. The summed E-state index contributed by atoms with van der Waals surface area (Å²) in [6.45, 7) is 6.32. The lowest BCUT2D eigenvalue weighted by atomic mass is 9.72.